The first-order valence-electron chi connectivity index (χ1n) is 10.2. The van der Waals surface area contributed by atoms with Crippen LogP contribution in [-0.4, -0.2) is 33.3 Å². The fourth-order valence-electron chi connectivity index (χ4n) is 3.67. The second-order valence-corrected chi connectivity index (χ2v) is 8.22. The van der Waals surface area contributed by atoms with Crippen molar-refractivity contribution in [3.05, 3.63) is 93.5 Å². The van der Waals surface area contributed by atoms with Gasteiger partial charge in [0.15, 0.2) is 0 Å². The van der Waals surface area contributed by atoms with Crippen molar-refractivity contribution in [2.24, 2.45) is 4.99 Å². The molecule has 7 heteroatoms. The van der Waals surface area contributed by atoms with Gasteiger partial charge in [0.25, 0.3) is 0 Å². The number of aliphatic imine (C=N–C) groups is 1. The normalized spacial score (nSPS) is 17.6. The molecular formula is C25H24Cl2N2O3. The highest BCUT2D eigenvalue weighted by Crippen LogP contribution is 2.39. The zero-order valence-electron chi connectivity index (χ0n) is 17.8. The summed E-state index contributed by atoms with van der Waals surface area (Å²) < 4.78 is 16.5. The molecule has 0 aromatic heterocycles. The van der Waals surface area contributed by atoms with Gasteiger partial charge in [0.2, 0.25) is 0 Å². The zero-order valence-corrected chi connectivity index (χ0v) is 19.4. The van der Waals surface area contributed by atoms with Crippen LogP contribution >= 0.6 is 23.2 Å². The highest BCUT2D eigenvalue weighted by atomic mass is 35.5. The number of rotatable bonds is 8. The van der Waals surface area contributed by atoms with E-state index in [-0.39, 0.29) is 12.1 Å². The van der Waals surface area contributed by atoms with Crippen LogP contribution in [0.3, 0.4) is 0 Å². The van der Waals surface area contributed by atoms with Gasteiger partial charge in [-0.2, -0.15) is 0 Å². The molecule has 0 unspecified atom stereocenters. The van der Waals surface area contributed by atoms with Crippen molar-refractivity contribution in [2.45, 2.75) is 12.1 Å². The molecule has 0 bridgehead atoms. The molecule has 0 aliphatic carbocycles. The molecule has 0 fully saturated rings. The molecule has 3 aromatic carbocycles. The van der Waals surface area contributed by atoms with Crippen molar-refractivity contribution < 1.29 is 14.2 Å². The molecule has 0 saturated heterocycles. The van der Waals surface area contributed by atoms with E-state index < -0.39 is 0 Å². The van der Waals surface area contributed by atoms with Crippen LogP contribution in [0.5, 0.6) is 11.5 Å². The fourth-order valence-corrected chi connectivity index (χ4v) is 3.92. The summed E-state index contributed by atoms with van der Waals surface area (Å²) in [6, 6.07) is 21.1. The Morgan fingerprint density at radius 2 is 1.50 bits per heavy atom. The molecule has 1 heterocycles. The maximum atomic E-state index is 6.12. The summed E-state index contributed by atoms with van der Waals surface area (Å²) in [6.07, 6.45) is 0. The maximum Gasteiger partial charge on any atom is 0.134 e. The lowest BCUT2D eigenvalue weighted by Crippen LogP contribution is -2.25. The van der Waals surface area contributed by atoms with Crippen LogP contribution in [0.15, 0.2) is 71.7 Å². The van der Waals surface area contributed by atoms with Gasteiger partial charge in [0.1, 0.15) is 30.0 Å². The lowest BCUT2D eigenvalue weighted by molar-refractivity contribution is 0.146. The number of nitrogens with one attached hydrogen (secondary N) is 1. The first kappa shape index (κ1) is 22.5. The van der Waals surface area contributed by atoms with Gasteiger partial charge in [-0.3, -0.25) is 4.99 Å². The van der Waals surface area contributed by atoms with E-state index in [1.807, 2.05) is 66.7 Å². The molecule has 0 amide bonds. The van der Waals surface area contributed by atoms with Gasteiger partial charge in [-0.05, 0) is 47.5 Å². The SMILES string of the molecule is COCCOc1cc(OC)ccc1C1=N[C@@H](c2ccc(Cl)cc2)[C@@H](c2ccc(Cl)cc2)N1. The number of halogens is 2. The maximum absolute atomic E-state index is 6.12. The van der Waals surface area contributed by atoms with Crippen LogP contribution in [0.4, 0.5) is 0 Å². The van der Waals surface area contributed by atoms with Crippen LogP contribution in [0.2, 0.25) is 10.0 Å². The molecule has 3 aromatic rings. The van der Waals surface area contributed by atoms with E-state index in [2.05, 4.69) is 5.32 Å². The number of methoxy groups -OCH3 is 2. The van der Waals surface area contributed by atoms with Gasteiger partial charge in [-0.15, -0.1) is 0 Å². The Balaban J connectivity index is 1.73. The number of hydrogen-bond donors (Lipinski definition) is 1. The lowest BCUT2D eigenvalue weighted by Gasteiger charge is -2.20. The van der Waals surface area contributed by atoms with Crippen LogP contribution < -0.4 is 14.8 Å². The van der Waals surface area contributed by atoms with E-state index in [1.165, 1.54) is 0 Å². The van der Waals surface area contributed by atoms with Crippen molar-refractivity contribution in [3.63, 3.8) is 0 Å². The lowest BCUT2D eigenvalue weighted by atomic mass is 9.95. The van der Waals surface area contributed by atoms with Crippen LogP contribution in [0.1, 0.15) is 28.8 Å². The third-order valence-corrected chi connectivity index (χ3v) is 5.81. The Bertz CT molecular complexity index is 1090. The Morgan fingerprint density at radius 1 is 0.844 bits per heavy atom. The molecule has 1 aliphatic rings. The predicted molar refractivity (Wildman–Crippen MR) is 128 cm³/mol. The average Bonchev–Trinajstić information content (AvgIpc) is 3.25. The molecule has 0 spiro atoms. The zero-order chi connectivity index (χ0) is 22.5. The summed E-state index contributed by atoms with van der Waals surface area (Å²) >= 11 is 12.2. The predicted octanol–water partition coefficient (Wildman–Crippen LogP) is 5.86. The van der Waals surface area contributed by atoms with E-state index in [0.29, 0.717) is 34.8 Å². The third kappa shape index (κ3) is 5.01. The van der Waals surface area contributed by atoms with E-state index >= 15 is 0 Å². The smallest absolute Gasteiger partial charge is 0.134 e. The van der Waals surface area contributed by atoms with Crippen LogP contribution in [0, 0.1) is 0 Å². The Hall–Kier alpha value is -2.73. The highest BCUT2D eigenvalue weighted by molar-refractivity contribution is 6.30. The molecule has 0 saturated carbocycles. The Kier molecular flexibility index (Phi) is 7.20. The third-order valence-electron chi connectivity index (χ3n) is 5.31. The average molecular weight is 471 g/mol. The van der Waals surface area contributed by atoms with Crippen molar-refractivity contribution in [2.75, 3.05) is 27.4 Å². The van der Waals surface area contributed by atoms with E-state index in [1.54, 1.807) is 14.2 Å². The molecule has 1 aliphatic heterocycles. The van der Waals surface area contributed by atoms with Gasteiger partial charge >= 0.3 is 0 Å². The summed E-state index contributed by atoms with van der Waals surface area (Å²) in [5.41, 5.74) is 3.01. The fraction of sp³-hybridized carbons (Fsp3) is 0.240. The molecule has 166 valence electrons. The van der Waals surface area contributed by atoms with Crippen LogP contribution in [0.25, 0.3) is 0 Å². The van der Waals surface area contributed by atoms with Gasteiger partial charge in [0, 0.05) is 23.2 Å². The summed E-state index contributed by atoms with van der Waals surface area (Å²) in [7, 11) is 3.28. The van der Waals surface area contributed by atoms with E-state index in [0.717, 1.165) is 22.5 Å². The molecule has 32 heavy (non-hydrogen) atoms. The molecule has 2 atom stereocenters. The number of ether oxygens (including phenoxy) is 3. The van der Waals surface area contributed by atoms with Crippen LogP contribution in [-0.2, 0) is 4.74 Å². The van der Waals surface area contributed by atoms with Gasteiger partial charge in [-0.25, -0.2) is 0 Å². The summed E-state index contributed by atoms with van der Waals surface area (Å²) in [4.78, 5) is 5.06. The Morgan fingerprint density at radius 3 is 2.12 bits per heavy atom. The first-order chi connectivity index (χ1) is 15.6. The van der Waals surface area contributed by atoms with Crippen molar-refractivity contribution in [1.82, 2.24) is 5.32 Å². The monoisotopic (exact) mass is 470 g/mol. The summed E-state index contributed by atoms with van der Waals surface area (Å²) in [6.45, 7) is 0.905. The second-order valence-electron chi connectivity index (χ2n) is 7.35. The molecule has 5 nitrogen and oxygen atoms in total. The minimum absolute atomic E-state index is 0.0719. The number of nitrogens with zero attached hydrogens (tertiary/aromatic N) is 1. The first-order valence-corrected chi connectivity index (χ1v) is 11.0. The van der Waals surface area contributed by atoms with E-state index in [9.17, 15) is 0 Å². The minimum Gasteiger partial charge on any atom is -0.497 e. The van der Waals surface area contributed by atoms with Gasteiger partial charge in [0.05, 0.1) is 25.3 Å². The molecule has 4 rings (SSSR count). The van der Waals surface area contributed by atoms with Crippen molar-refractivity contribution in [1.29, 1.82) is 0 Å². The standard InChI is InChI=1S/C25H24Cl2N2O3/c1-30-13-14-32-22-15-20(31-2)11-12-21(22)25-28-23(16-3-7-18(26)8-4-16)24(29-25)17-5-9-19(27)10-6-17/h3-12,15,23-24H,13-14H2,1-2H3,(H,28,29)/t23-,24+. The van der Waals surface area contributed by atoms with Crippen molar-refractivity contribution in [3.8, 4) is 11.5 Å². The molecule has 1 N–H and O–H groups in total. The second kappa shape index (κ2) is 10.3. The van der Waals surface area contributed by atoms with Gasteiger partial charge < -0.3 is 19.5 Å². The summed E-state index contributed by atoms with van der Waals surface area (Å²) in [5, 5.41) is 4.98. The van der Waals surface area contributed by atoms with Gasteiger partial charge in [-0.1, -0.05) is 47.5 Å². The highest BCUT2D eigenvalue weighted by Gasteiger charge is 2.33. The molecular weight excluding hydrogens is 447 g/mol. The van der Waals surface area contributed by atoms with E-state index in [4.69, 9.17) is 42.4 Å². The number of amidine groups is 1. The van der Waals surface area contributed by atoms with Crippen molar-refractivity contribution >= 4 is 29.0 Å². The number of benzene rings is 3. The quantitative estimate of drug-likeness (QED) is 0.418. The minimum atomic E-state index is -0.141. The topological polar surface area (TPSA) is 52.1 Å². The summed E-state index contributed by atoms with van der Waals surface area (Å²) in [5.74, 6) is 2.14. The largest absolute Gasteiger partial charge is 0.497 e. The Labute approximate surface area is 197 Å². The molecule has 0 radical (unpaired) electrons. The number of hydrogen-bond acceptors (Lipinski definition) is 5.